The van der Waals surface area contributed by atoms with Crippen LogP contribution in [0.25, 0.3) is 0 Å². The molecule has 0 unspecified atom stereocenters. The Morgan fingerprint density at radius 1 is 1.04 bits per heavy atom. The number of anilines is 3. The van der Waals surface area contributed by atoms with Gasteiger partial charge in [-0.2, -0.15) is 0 Å². The van der Waals surface area contributed by atoms with Gasteiger partial charge < -0.3 is 4.90 Å². The van der Waals surface area contributed by atoms with Crippen molar-refractivity contribution in [2.75, 3.05) is 21.9 Å². The normalized spacial score (nSPS) is 11.2. The number of nitrogens with one attached hydrogen (secondary N) is 1. The molecule has 6 nitrogen and oxygen atoms in total. The molecule has 0 aliphatic rings. The minimum absolute atomic E-state index is 0.0953. The molecule has 0 bridgehead atoms. The van der Waals surface area contributed by atoms with Crippen LogP contribution in [0.2, 0.25) is 0 Å². The maximum absolute atomic E-state index is 11.9. The molecule has 0 fully saturated rings. The highest BCUT2D eigenvalue weighted by atomic mass is 32.2. The molecule has 1 N–H and O–H groups in total. The minimum atomic E-state index is -3.35. The lowest BCUT2D eigenvalue weighted by Crippen LogP contribution is -2.20. The molecule has 0 aliphatic carbocycles. The largest absolute Gasteiger partial charge is 0.325 e. The monoisotopic (exact) mass is 334 g/mol. The molecule has 0 saturated carbocycles. The summed E-state index contributed by atoms with van der Waals surface area (Å²) in [6.45, 7) is 4.71. The van der Waals surface area contributed by atoms with Gasteiger partial charge in [0.05, 0.1) is 5.75 Å². The summed E-state index contributed by atoms with van der Waals surface area (Å²) in [6, 6.07) is 13.3. The van der Waals surface area contributed by atoms with Crippen molar-refractivity contribution in [3.63, 3.8) is 0 Å². The fourth-order valence-electron chi connectivity index (χ4n) is 2.15. The first-order chi connectivity index (χ1) is 11.1. The van der Waals surface area contributed by atoms with E-state index in [4.69, 9.17) is 0 Å². The third-order valence-electron chi connectivity index (χ3n) is 3.34. The average Bonchev–Trinajstić information content (AvgIpc) is 2.56. The Kier molecular flexibility index (Phi) is 5.92. The van der Waals surface area contributed by atoms with E-state index in [2.05, 4.69) is 14.9 Å². The molecular weight excluding hydrogens is 312 g/mol. The van der Waals surface area contributed by atoms with E-state index >= 15 is 0 Å². The summed E-state index contributed by atoms with van der Waals surface area (Å²) in [6.07, 6.45) is 1.45. The molecule has 0 aliphatic heterocycles. The van der Waals surface area contributed by atoms with Crippen LogP contribution in [0, 0.1) is 0 Å². The van der Waals surface area contributed by atoms with E-state index in [1.54, 1.807) is 12.1 Å². The third-order valence-corrected chi connectivity index (χ3v) is 4.68. The van der Waals surface area contributed by atoms with Gasteiger partial charge in [-0.1, -0.05) is 31.5 Å². The lowest BCUT2D eigenvalue weighted by molar-refractivity contribution is 0.597. The van der Waals surface area contributed by atoms with Crippen molar-refractivity contribution in [3.05, 3.63) is 42.5 Å². The summed E-state index contributed by atoms with van der Waals surface area (Å²) in [5.74, 6) is 1.02. The van der Waals surface area contributed by atoms with Crippen LogP contribution < -0.4 is 9.62 Å². The smallest absolute Gasteiger partial charge is 0.233 e. The summed E-state index contributed by atoms with van der Waals surface area (Å²) < 4.78 is 26.2. The van der Waals surface area contributed by atoms with E-state index in [1.807, 2.05) is 49.1 Å². The summed E-state index contributed by atoms with van der Waals surface area (Å²) in [5.41, 5.74) is 1.01. The van der Waals surface area contributed by atoms with Gasteiger partial charge in [0.15, 0.2) is 11.6 Å². The number of hydrogen-bond donors (Lipinski definition) is 1. The molecule has 1 aromatic carbocycles. The maximum Gasteiger partial charge on any atom is 0.233 e. The molecular formula is C16H22N4O2S. The van der Waals surface area contributed by atoms with E-state index in [0.717, 1.165) is 18.7 Å². The lowest BCUT2D eigenvalue weighted by Gasteiger charge is -2.21. The average molecular weight is 334 g/mol. The minimum Gasteiger partial charge on any atom is -0.325 e. The van der Waals surface area contributed by atoms with E-state index in [9.17, 15) is 8.42 Å². The zero-order valence-corrected chi connectivity index (χ0v) is 14.3. The Labute approximate surface area is 137 Å². The number of para-hydroxylation sites is 1. The van der Waals surface area contributed by atoms with Gasteiger partial charge in [0.1, 0.15) is 0 Å². The highest BCUT2D eigenvalue weighted by Gasteiger charge is 2.12. The number of rotatable bonds is 8. The first-order valence-electron chi connectivity index (χ1n) is 7.72. The fraction of sp³-hybridized carbons (Fsp3) is 0.375. The molecule has 1 heterocycles. The summed E-state index contributed by atoms with van der Waals surface area (Å²) in [5, 5.41) is 8.12. The zero-order valence-electron chi connectivity index (χ0n) is 13.4. The number of sulfonamides is 1. The molecule has 0 radical (unpaired) electrons. The van der Waals surface area contributed by atoms with Gasteiger partial charge >= 0.3 is 0 Å². The van der Waals surface area contributed by atoms with Gasteiger partial charge in [-0.25, -0.2) is 8.42 Å². The van der Waals surface area contributed by atoms with Crippen LogP contribution in [0.5, 0.6) is 0 Å². The second kappa shape index (κ2) is 7.92. The number of nitrogens with zero attached hydrogens (tertiary/aromatic N) is 3. The van der Waals surface area contributed by atoms with Gasteiger partial charge in [-0.05, 0) is 37.6 Å². The van der Waals surface area contributed by atoms with Crippen LogP contribution in [-0.4, -0.2) is 30.9 Å². The van der Waals surface area contributed by atoms with Crippen LogP contribution >= 0.6 is 0 Å². The molecule has 0 atom stereocenters. The molecule has 2 rings (SSSR count). The highest BCUT2D eigenvalue weighted by Crippen LogP contribution is 2.22. The van der Waals surface area contributed by atoms with Crippen molar-refractivity contribution < 1.29 is 8.42 Å². The Morgan fingerprint density at radius 3 is 2.35 bits per heavy atom. The van der Waals surface area contributed by atoms with Crippen molar-refractivity contribution in [1.29, 1.82) is 0 Å². The lowest BCUT2D eigenvalue weighted by atomic mass is 10.3. The molecule has 7 heteroatoms. The van der Waals surface area contributed by atoms with Gasteiger partial charge in [0, 0.05) is 12.2 Å². The third kappa shape index (κ3) is 4.92. The Morgan fingerprint density at radius 2 is 1.78 bits per heavy atom. The first kappa shape index (κ1) is 17.2. The Bertz CT molecular complexity index is 703. The van der Waals surface area contributed by atoms with E-state index in [1.165, 1.54) is 0 Å². The first-order valence-corrected chi connectivity index (χ1v) is 9.37. The molecule has 1 aromatic heterocycles. The molecule has 0 saturated heterocycles. The van der Waals surface area contributed by atoms with Crippen molar-refractivity contribution in [3.8, 4) is 0 Å². The number of aromatic nitrogens is 2. The van der Waals surface area contributed by atoms with Crippen molar-refractivity contribution in [2.45, 2.75) is 26.7 Å². The topological polar surface area (TPSA) is 75.2 Å². The van der Waals surface area contributed by atoms with Crippen LogP contribution in [-0.2, 0) is 10.0 Å². The highest BCUT2D eigenvalue weighted by molar-refractivity contribution is 7.92. The molecule has 0 amide bonds. The van der Waals surface area contributed by atoms with Crippen molar-refractivity contribution in [1.82, 2.24) is 10.2 Å². The standard InChI is InChI=1S/C16H22N4O2S/c1-3-5-13-23(21,22)19-15-11-12-16(18-17-15)20(4-2)14-9-7-6-8-10-14/h6-12H,3-5,13H2,1-2H3,(H,17,19). The van der Waals surface area contributed by atoms with Gasteiger partial charge in [0.25, 0.3) is 0 Å². The van der Waals surface area contributed by atoms with E-state index in [0.29, 0.717) is 12.2 Å². The summed E-state index contributed by atoms with van der Waals surface area (Å²) >= 11 is 0. The molecule has 124 valence electrons. The molecule has 23 heavy (non-hydrogen) atoms. The SMILES string of the molecule is CCCCS(=O)(=O)Nc1ccc(N(CC)c2ccccc2)nn1. The summed E-state index contributed by atoms with van der Waals surface area (Å²) in [4.78, 5) is 2.00. The quantitative estimate of drug-likeness (QED) is 0.802. The van der Waals surface area contributed by atoms with Crippen LogP contribution in [0.4, 0.5) is 17.3 Å². The number of hydrogen-bond acceptors (Lipinski definition) is 5. The van der Waals surface area contributed by atoms with E-state index in [-0.39, 0.29) is 11.6 Å². The van der Waals surface area contributed by atoms with Crippen LogP contribution in [0.15, 0.2) is 42.5 Å². The van der Waals surface area contributed by atoms with Gasteiger partial charge in [0.2, 0.25) is 10.0 Å². The van der Waals surface area contributed by atoms with Crippen molar-refractivity contribution in [2.24, 2.45) is 0 Å². The predicted octanol–water partition coefficient (Wildman–Crippen LogP) is 3.18. The van der Waals surface area contributed by atoms with Crippen molar-refractivity contribution >= 4 is 27.3 Å². The molecule has 2 aromatic rings. The molecule has 0 spiro atoms. The van der Waals surface area contributed by atoms with Gasteiger partial charge in [-0.15, -0.1) is 10.2 Å². The Hall–Kier alpha value is -2.15. The number of unbranched alkanes of at least 4 members (excludes halogenated alkanes) is 1. The Balaban J connectivity index is 2.12. The maximum atomic E-state index is 11.9. The fourth-order valence-corrected chi connectivity index (χ4v) is 3.35. The van der Waals surface area contributed by atoms with Gasteiger partial charge in [-0.3, -0.25) is 4.72 Å². The second-order valence-corrected chi connectivity index (χ2v) is 6.97. The summed E-state index contributed by atoms with van der Waals surface area (Å²) in [7, 11) is -3.35. The second-order valence-electron chi connectivity index (χ2n) is 5.13. The van der Waals surface area contributed by atoms with Crippen LogP contribution in [0.1, 0.15) is 26.7 Å². The van der Waals surface area contributed by atoms with Crippen LogP contribution in [0.3, 0.4) is 0 Å². The van der Waals surface area contributed by atoms with E-state index < -0.39 is 10.0 Å². The predicted molar refractivity (Wildman–Crippen MR) is 93.5 cm³/mol. The zero-order chi connectivity index (χ0) is 16.7. The number of benzene rings is 1.